The Morgan fingerprint density at radius 1 is 1.22 bits per heavy atom. The number of carbonyl (C=O) groups is 2. The Hall–Kier alpha value is -2.19. The average Bonchev–Trinajstić information content (AvgIpc) is 3.47. The predicted octanol–water partition coefficient (Wildman–Crippen LogP) is 2.41. The standard InChI is InChI=1S/C19H24N4O3S/c1-2-22-13-14(12-20-22)18(24)23-7-3-4-15(23)16-5-6-17(27-16)19(25)21-8-10-26-11-9-21/h5-6,12-13,15H,2-4,7-11H2,1H3. The Balaban J connectivity index is 1.49. The zero-order chi connectivity index (χ0) is 18.8. The number of aromatic nitrogens is 2. The topological polar surface area (TPSA) is 67.7 Å². The lowest BCUT2D eigenvalue weighted by molar-refractivity contribution is 0.0306. The second-order valence-electron chi connectivity index (χ2n) is 6.85. The largest absolute Gasteiger partial charge is 0.378 e. The van der Waals surface area contributed by atoms with Gasteiger partial charge < -0.3 is 14.5 Å². The Bertz CT molecular complexity index is 825. The van der Waals surface area contributed by atoms with Gasteiger partial charge in [0.2, 0.25) is 0 Å². The van der Waals surface area contributed by atoms with Gasteiger partial charge in [0, 0.05) is 37.3 Å². The third kappa shape index (κ3) is 3.64. The van der Waals surface area contributed by atoms with E-state index in [-0.39, 0.29) is 17.9 Å². The van der Waals surface area contributed by atoms with E-state index in [1.54, 1.807) is 17.1 Å². The molecule has 2 aliphatic rings. The van der Waals surface area contributed by atoms with Crippen LogP contribution in [0.4, 0.5) is 0 Å². The maximum absolute atomic E-state index is 12.9. The first-order chi connectivity index (χ1) is 13.2. The SMILES string of the molecule is CCn1cc(C(=O)N2CCCC2c2ccc(C(=O)N3CCOCC3)s2)cn1. The number of hydrogen-bond donors (Lipinski definition) is 0. The Labute approximate surface area is 162 Å². The number of rotatable bonds is 4. The Morgan fingerprint density at radius 2 is 2.04 bits per heavy atom. The monoisotopic (exact) mass is 388 g/mol. The van der Waals surface area contributed by atoms with Gasteiger partial charge >= 0.3 is 0 Å². The third-order valence-corrected chi connectivity index (χ3v) is 6.36. The van der Waals surface area contributed by atoms with E-state index in [4.69, 9.17) is 4.74 Å². The minimum atomic E-state index is 0.0201. The van der Waals surface area contributed by atoms with Gasteiger partial charge in [-0.1, -0.05) is 0 Å². The maximum atomic E-state index is 12.9. The van der Waals surface area contributed by atoms with Crippen molar-refractivity contribution in [2.45, 2.75) is 32.4 Å². The molecule has 2 aromatic heterocycles. The van der Waals surface area contributed by atoms with Crippen molar-refractivity contribution in [3.05, 3.63) is 39.8 Å². The second-order valence-corrected chi connectivity index (χ2v) is 7.96. The Morgan fingerprint density at radius 3 is 2.78 bits per heavy atom. The van der Waals surface area contributed by atoms with E-state index in [0.717, 1.165) is 35.7 Å². The van der Waals surface area contributed by atoms with Gasteiger partial charge in [0.25, 0.3) is 11.8 Å². The van der Waals surface area contributed by atoms with E-state index in [1.807, 2.05) is 28.9 Å². The van der Waals surface area contributed by atoms with Crippen molar-refractivity contribution in [3.8, 4) is 0 Å². The summed E-state index contributed by atoms with van der Waals surface area (Å²) < 4.78 is 7.09. The van der Waals surface area contributed by atoms with Gasteiger partial charge in [0.15, 0.2) is 0 Å². The van der Waals surface area contributed by atoms with Crippen molar-refractivity contribution in [2.24, 2.45) is 0 Å². The molecule has 4 rings (SSSR count). The zero-order valence-corrected chi connectivity index (χ0v) is 16.3. The van der Waals surface area contributed by atoms with Crippen LogP contribution in [-0.2, 0) is 11.3 Å². The molecule has 2 amide bonds. The van der Waals surface area contributed by atoms with Crippen molar-refractivity contribution in [1.82, 2.24) is 19.6 Å². The molecule has 2 aliphatic heterocycles. The smallest absolute Gasteiger partial charge is 0.264 e. The molecule has 7 nitrogen and oxygen atoms in total. The molecule has 0 saturated carbocycles. The van der Waals surface area contributed by atoms with Gasteiger partial charge in [-0.25, -0.2) is 0 Å². The van der Waals surface area contributed by atoms with Crippen LogP contribution >= 0.6 is 11.3 Å². The van der Waals surface area contributed by atoms with Crippen molar-refractivity contribution < 1.29 is 14.3 Å². The molecular weight excluding hydrogens is 364 g/mol. The summed E-state index contributed by atoms with van der Waals surface area (Å²) in [6.07, 6.45) is 5.35. The van der Waals surface area contributed by atoms with E-state index >= 15 is 0 Å². The molecule has 2 aromatic rings. The van der Waals surface area contributed by atoms with Crippen LogP contribution in [0.1, 0.15) is 50.7 Å². The molecule has 1 unspecified atom stereocenters. The lowest BCUT2D eigenvalue weighted by atomic mass is 10.1. The van der Waals surface area contributed by atoms with E-state index in [0.29, 0.717) is 31.9 Å². The molecule has 8 heteroatoms. The number of aryl methyl sites for hydroxylation is 1. The van der Waals surface area contributed by atoms with Crippen molar-refractivity contribution in [3.63, 3.8) is 0 Å². The lowest BCUT2D eigenvalue weighted by Crippen LogP contribution is -2.40. The summed E-state index contributed by atoms with van der Waals surface area (Å²) in [6, 6.07) is 3.94. The first-order valence-electron chi connectivity index (χ1n) is 9.47. The zero-order valence-electron chi connectivity index (χ0n) is 15.5. The highest BCUT2D eigenvalue weighted by molar-refractivity contribution is 7.14. The number of amides is 2. The molecule has 27 heavy (non-hydrogen) atoms. The van der Waals surface area contributed by atoms with E-state index in [9.17, 15) is 9.59 Å². The molecule has 0 aromatic carbocycles. The first-order valence-corrected chi connectivity index (χ1v) is 10.3. The van der Waals surface area contributed by atoms with Gasteiger partial charge in [-0.3, -0.25) is 14.3 Å². The van der Waals surface area contributed by atoms with Crippen LogP contribution in [0.3, 0.4) is 0 Å². The van der Waals surface area contributed by atoms with Gasteiger partial charge in [-0.05, 0) is 31.9 Å². The highest BCUT2D eigenvalue weighted by atomic mass is 32.1. The molecule has 0 spiro atoms. The number of thiophene rings is 1. The van der Waals surface area contributed by atoms with Gasteiger partial charge in [0.1, 0.15) is 0 Å². The van der Waals surface area contributed by atoms with Gasteiger partial charge in [-0.2, -0.15) is 5.10 Å². The van der Waals surface area contributed by atoms with Crippen LogP contribution in [0.2, 0.25) is 0 Å². The molecule has 2 fully saturated rings. The number of likely N-dealkylation sites (tertiary alicyclic amines) is 1. The summed E-state index contributed by atoms with van der Waals surface area (Å²) in [6.45, 7) is 5.96. The summed E-state index contributed by atoms with van der Waals surface area (Å²) in [5.41, 5.74) is 0.630. The fourth-order valence-electron chi connectivity index (χ4n) is 3.69. The minimum absolute atomic E-state index is 0.0201. The third-order valence-electron chi connectivity index (χ3n) is 5.18. The lowest BCUT2D eigenvalue weighted by Gasteiger charge is -2.26. The normalized spacial score (nSPS) is 20.3. The average molecular weight is 388 g/mol. The molecular formula is C19H24N4O3S. The summed E-state index contributed by atoms with van der Waals surface area (Å²) in [5.74, 6) is 0.0845. The first kappa shape index (κ1) is 18.2. The van der Waals surface area contributed by atoms with E-state index < -0.39 is 0 Å². The number of carbonyl (C=O) groups excluding carboxylic acids is 2. The van der Waals surface area contributed by atoms with Crippen molar-refractivity contribution in [2.75, 3.05) is 32.8 Å². The summed E-state index contributed by atoms with van der Waals surface area (Å²) in [4.78, 5) is 31.2. The maximum Gasteiger partial charge on any atom is 0.264 e. The van der Waals surface area contributed by atoms with Crippen LogP contribution in [0.5, 0.6) is 0 Å². The van der Waals surface area contributed by atoms with Crippen LogP contribution in [0, 0.1) is 0 Å². The minimum Gasteiger partial charge on any atom is -0.378 e. The fourth-order valence-corrected chi connectivity index (χ4v) is 4.81. The van der Waals surface area contributed by atoms with Crippen LogP contribution in [0.15, 0.2) is 24.5 Å². The molecule has 0 bridgehead atoms. The van der Waals surface area contributed by atoms with E-state index in [2.05, 4.69) is 5.10 Å². The highest BCUT2D eigenvalue weighted by Gasteiger charge is 2.33. The summed E-state index contributed by atoms with van der Waals surface area (Å²) in [7, 11) is 0. The van der Waals surface area contributed by atoms with Crippen LogP contribution in [-0.4, -0.2) is 64.2 Å². The summed E-state index contributed by atoms with van der Waals surface area (Å²) >= 11 is 1.51. The van der Waals surface area contributed by atoms with Gasteiger partial charge in [-0.15, -0.1) is 11.3 Å². The van der Waals surface area contributed by atoms with Crippen molar-refractivity contribution >= 4 is 23.2 Å². The van der Waals surface area contributed by atoms with Crippen LogP contribution in [0.25, 0.3) is 0 Å². The summed E-state index contributed by atoms with van der Waals surface area (Å²) in [5, 5.41) is 4.22. The van der Waals surface area contributed by atoms with Gasteiger partial charge in [0.05, 0.1) is 35.9 Å². The molecule has 0 radical (unpaired) electrons. The highest BCUT2D eigenvalue weighted by Crippen LogP contribution is 2.37. The predicted molar refractivity (Wildman–Crippen MR) is 102 cm³/mol. The molecule has 144 valence electrons. The number of hydrogen-bond acceptors (Lipinski definition) is 5. The molecule has 2 saturated heterocycles. The number of ether oxygens (including phenoxy) is 1. The molecule has 0 N–H and O–H groups in total. The molecule has 1 atom stereocenters. The second kappa shape index (κ2) is 7.82. The fraction of sp³-hybridized carbons (Fsp3) is 0.526. The number of nitrogens with zero attached hydrogens (tertiary/aromatic N) is 4. The Kier molecular flexibility index (Phi) is 5.27. The van der Waals surface area contributed by atoms with E-state index in [1.165, 1.54) is 11.3 Å². The molecule has 4 heterocycles. The number of morpholine rings is 1. The van der Waals surface area contributed by atoms with Crippen molar-refractivity contribution in [1.29, 1.82) is 0 Å². The van der Waals surface area contributed by atoms with Crippen LogP contribution < -0.4 is 0 Å². The molecule has 0 aliphatic carbocycles. The quantitative estimate of drug-likeness (QED) is 0.807.